The number of rotatable bonds is 10. The Balaban J connectivity index is 1.33. The monoisotopic (exact) mass is 429 g/mol. The third-order valence-electron chi connectivity index (χ3n) is 4.79. The molecule has 0 bridgehead atoms. The molecule has 1 aliphatic rings. The maximum atomic E-state index is 12.9. The van der Waals surface area contributed by atoms with Crippen LogP contribution in [-0.2, 0) is 24.3 Å². The van der Waals surface area contributed by atoms with Gasteiger partial charge in [-0.15, -0.1) is 16.4 Å². The maximum Gasteiger partial charge on any atom is 0.233 e. The van der Waals surface area contributed by atoms with Crippen LogP contribution in [0.2, 0.25) is 0 Å². The van der Waals surface area contributed by atoms with E-state index in [-0.39, 0.29) is 5.91 Å². The molecule has 0 spiro atoms. The van der Waals surface area contributed by atoms with E-state index in [4.69, 9.17) is 4.74 Å². The topological polar surface area (TPSA) is 73.1 Å². The van der Waals surface area contributed by atoms with Gasteiger partial charge in [0.25, 0.3) is 0 Å². The van der Waals surface area contributed by atoms with Crippen molar-refractivity contribution in [2.45, 2.75) is 43.6 Å². The number of amides is 1. The second kappa shape index (κ2) is 9.41. The molecule has 0 unspecified atom stereocenters. The Morgan fingerprint density at radius 3 is 2.83 bits per heavy atom. The Labute approximate surface area is 178 Å². The van der Waals surface area contributed by atoms with Crippen LogP contribution >= 0.6 is 23.1 Å². The molecular formula is C20H23N5O2S2. The van der Waals surface area contributed by atoms with Crippen molar-refractivity contribution >= 4 is 29.0 Å². The van der Waals surface area contributed by atoms with E-state index in [1.807, 2.05) is 35.2 Å². The van der Waals surface area contributed by atoms with Gasteiger partial charge in [0.2, 0.25) is 11.1 Å². The number of nitrogens with zero attached hydrogens (tertiary/aromatic N) is 5. The number of ether oxygens (including phenoxy) is 1. The van der Waals surface area contributed by atoms with Crippen molar-refractivity contribution in [2.24, 2.45) is 0 Å². The van der Waals surface area contributed by atoms with Crippen LogP contribution in [0.3, 0.4) is 0 Å². The van der Waals surface area contributed by atoms with Gasteiger partial charge in [0.05, 0.1) is 19.4 Å². The molecule has 152 valence electrons. The van der Waals surface area contributed by atoms with Crippen LogP contribution in [0.1, 0.15) is 23.3 Å². The van der Waals surface area contributed by atoms with E-state index in [1.165, 1.54) is 16.6 Å². The number of thiophene rings is 1. The highest BCUT2D eigenvalue weighted by atomic mass is 32.2. The zero-order chi connectivity index (χ0) is 20.1. The lowest BCUT2D eigenvalue weighted by molar-refractivity contribution is -0.129. The van der Waals surface area contributed by atoms with Crippen molar-refractivity contribution in [3.8, 4) is 5.75 Å². The fraction of sp³-hybridized carbons (Fsp3) is 0.400. The van der Waals surface area contributed by atoms with E-state index in [2.05, 4.69) is 27.0 Å². The second-order valence-electron chi connectivity index (χ2n) is 6.90. The minimum Gasteiger partial charge on any atom is -0.497 e. The molecule has 1 saturated carbocycles. The summed E-state index contributed by atoms with van der Waals surface area (Å²) < 4.78 is 6.99. The number of tetrazole rings is 1. The van der Waals surface area contributed by atoms with Crippen molar-refractivity contribution in [1.29, 1.82) is 0 Å². The lowest BCUT2D eigenvalue weighted by atomic mass is 10.2. The van der Waals surface area contributed by atoms with Crippen LogP contribution in [0.15, 0.2) is 46.9 Å². The van der Waals surface area contributed by atoms with E-state index < -0.39 is 0 Å². The molecule has 0 N–H and O–H groups in total. The van der Waals surface area contributed by atoms with Crippen molar-refractivity contribution < 1.29 is 9.53 Å². The van der Waals surface area contributed by atoms with E-state index in [0.29, 0.717) is 30.0 Å². The second-order valence-corrected chi connectivity index (χ2v) is 8.88. The van der Waals surface area contributed by atoms with Gasteiger partial charge in [-0.05, 0) is 52.4 Å². The quantitative estimate of drug-likeness (QED) is 0.461. The molecule has 29 heavy (non-hydrogen) atoms. The lowest BCUT2D eigenvalue weighted by Gasteiger charge is -2.22. The van der Waals surface area contributed by atoms with Gasteiger partial charge in [-0.25, -0.2) is 4.68 Å². The zero-order valence-corrected chi connectivity index (χ0v) is 17.9. The molecule has 0 atom stereocenters. The average molecular weight is 430 g/mol. The molecule has 1 fully saturated rings. The number of benzene rings is 1. The van der Waals surface area contributed by atoms with Gasteiger partial charge in [0.1, 0.15) is 5.75 Å². The van der Waals surface area contributed by atoms with Gasteiger partial charge in [0.15, 0.2) is 0 Å². The Morgan fingerprint density at radius 2 is 2.14 bits per heavy atom. The summed E-state index contributed by atoms with van der Waals surface area (Å²) >= 11 is 3.14. The Morgan fingerprint density at radius 1 is 1.31 bits per heavy atom. The summed E-state index contributed by atoms with van der Waals surface area (Å²) in [6, 6.07) is 12.4. The minimum absolute atomic E-state index is 0.126. The van der Waals surface area contributed by atoms with E-state index in [1.54, 1.807) is 23.1 Å². The summed E-state index contributed by atoms with van der Waals surface area (Å²) in [5.41, 5.74) is 1.11. The number of methoxy groups -OCH3 is 1. The molecule has 0 aliphatic heterocycles. The number of carbonyl (C=O) groups is 1. The van der Waals surface area contributed by atoms with Crippen LogP contribution in [0, 0.1) is 0 Å². The first kappa shape index (κ1) is 19.9. The summed E-state index contributed by atoms with van der Waals surface area (Å²) in [6.45, 7) is 1.33. The number of hydrogen-bond acceptors (Lipinski definition) is 7. The molecule has 1 aliphatic carbocycles. The largest absolute Gasteiger partial charge is 0.497 e. The smallest absolute Gasteiger partial charge is 0.233 e. The molecule has 4 rings (SSSR count). The summed E-state index contributed by atoms with van der Waals surface area (Å²) in [7, 11) is 1.65. The van der Waals surface area contributed by atoms with Gasteiger partial charge in [-0.3, -0.25) is 4.79 Å². The van der Waals surface area contributed by atoms with Crippen LogP contribution in [0.25, 0.3) is 0 Å². The van der Waals surface area contributed by atoms with Crippen molar-refractivity contribution in [3.05, 3.63) is 52.2 Å². The molecule has 0 radical (unpaired) electrons. The third-order valence-corrected chi connectivity index (χ3v) is 6.67. The van der Waals surface area contributed by atoms with Crippen molar-refractivity contribution in [1.82, 2.24) is 25.1 Å². The molecule has 2 aromatic heterocycles. The van der Waals surface area contributed by atoms with Gasteiger partial charge in [-0.2, -0.15) is 0 Å². The number of thioether (sulfide) groups is 1. The van der Waals surface area contributed by atoms with Crippen LogP contribution in [0.5, 0.6) is 5.75 Å². The molecule has 2 heterocycles. The molecular weight excluding hydrogens is 406 g/mol. The first-order chi connectivity index (χ1) is 14.2. The standard InChI is InChI=1S/C20H23N5O2S2/c1-27-17-8-4-15(5-9-17)13-24(16-6-7-16)19(26)14-29-20-21-22-23-25(20)11-10-18-3-2-12-28-18/h2-5,8-9,12,16H,6-7,10-11,13-14H2,1H3. The summed E-state index contributed by atoms with van der Waals surface area (Å²) in [5.74, 6) is 1.29. The highest BCUT2D eigenvalue weighted by Crippen LogP contribution is 2.30. The summed E-state index contributed by atoms with van der Waals surface area (Å²) in [4.78, 5) is 16.2. The fourth-order valence-corrected chi connectivity index (χ4v) is 4.54. The van der Waals surface area contributed by atoms with Crippen LogP contribution < -0.4 is 4.74 Å². The number of aryl methyl sites for hydroxylation is 2. The SMILES string of the molecule is COc1ccc(CN(C(=O)CSc2nnnn2CCc2cccs2)C2CC2)cc1. The number of hydrogen-bond donors (Lipinski definition) is 0. The first-order valence-corrected chi connectivity index (χ1v) is 11.4. The van der Waals surface area contributed by atoms with E-state index in [0.717, 1.165) is 30.6 Å². The van der Waals surface area contributed by atoms with Gasteiger partial charge in [-0.1, -0.05) is 30.0 Å². The predicted molar refractivity (Wildman–Crippen MR) is 113 cm³/mol. The highest BCUT2D eigenvalue weighted by molar-refractivity contribution is 7.99. The highest BCUT2D eigenvalue weighted by Gasteiger charge is 2.32. The Bertz CT molecular complexity index is 923. The van der Waals surface area contributed by atoms with Crippen LogP contribution in [0.4, 0.5) is 0 Å². The van der Waals surface area contributed by atoms with Gasteiger partial charge >= 0.3 is 0 Å². The molecule has 9 heteroatoms. The molecule has 7 nitrogen and oxygen atoms in total. The third kappa shape index (κ3) is 5.36. The van der Waals surface area contributed by atoms with E-state index in [9.17, 15) is 4.79 Å². The fourth-order valence-electron chi connectivity index (χ4n) is 3.06. The van der Waals surface area contributed by atoms with Gasteiger partial charge in [0, 0.05) is 23.9 Å². The molecule has 3 aromatic rings. The predicted octanol–water partition coefficient (Wildman–Crippen LogP) is 3.27. The Hall–Kier alpha value is -2.39. The first-order valence-electron chi connectivity index (χ1n) is 9.56. The normalized spacial score (nSPS) is 13.4. The number of carbonyl (C=O) groups excluding carboxylic acids is 1. The summed E-state index contributed by atoms with van der Waals surface area (Å²) in [6.07, 6.45) is 3.03. The minimum atomic E-state index is 0.126. The lowest BCUT2D eigenvalue weighted by Crippen LogP contribution is -2.34. The van der Waals surface area contributed by atoms with Crippen LogP contribution in [-0.4, -0.2) is 49.9 Å². The molecule has 1 amide bonds. The Kier molecular flexibility index (Phi) is 6.46. The molecule has 1 aromatic carbocycles. The zero-order valence-electron chi connectivity index (χ0n) is 16.2. The van der Waals surface area contributed by atoms with E-state index >= 15 is 0 Å². The average Bonchev–Trinajstić information content (AvgIpc) is 3.25. The van der Waals surface area contributed by atoms with Gasteiger partial charge < -0.3 is 9.64 Å². The van der Waals surface area contributed by atoms with Crippen molar-refractivity contribution in [3.63, 3.8) is 0 Å². The van der Waals surface area contributed by atoms with Crippen molar-refractivity contribution in [2.75, 3.05) is 12.9 Å². The molecule has 0 saturated heterocycles. The summed E-state index contributed by atoms with van der Waals surface area (Å²) in [5, 5.41) is 14.7. The number of aromatic nitrogens is 4. The maximum absolute atomic E-state index is 12.9.